The molecule has 2 heterocycles. The Morgan fingerprint density at radius 2 is 1.25 bits per heavy atom. The van der Waals surface area contributed by atoms with Crippen molar-refractivity contribution in [3.05, 3.63) is 137 Å². The topological polar surface area (TPSA) is 247 Å². The van der Waals surface area contributed by atoms with E-state index in [9.17, 15) is 49.8 Å². The lowest BCUT2D eigenvalue weighted by Crippen LogP contribution is -2.33. The van der Waals surface area contributed by atoms with Crippen LogP contribution in [0.15, 0.2) is 103 Å². The van der Waals surface area contributed by atoms with E-state index in [1.165, 1.54) is 30.3 Å². The van der Waals surface area contributed by atoms with Crippen LogP contribution in [0.25, 0.3) is 0 Å². The number of carbonyl (C=O) groups excluding carboxylic acids is 2. The van der Waals surface area contributed by atoms with Gasteiger partial charge in [0.05, 0.1) is 18.1 Å². The highest BCUT2D eigenvalue weighted by atomic mass is 32.2. The third-order valence-electron chi connectivity index (χ3n) is 10.8. The summed E-state index contributed by atoms with van der Waals surface area (Å²) in [7, 11) is -6.76. The highest BCUT2D eigenvalue weighted by molar-refractivity contribution is 7.92. The number of halogens is 3. The number of anilines is 2. The fourth-order valence-electron chi connectivity index (χ4n) is 7.67. The van der Waals surface area contributed by atoms with Crippen LogP contribution in [0.3, 0.4) is 0 Å². The van der Waals surface area contributed by atoms with Crippen molar-refractivity contribution in [2.45, 2.75) is 43.9 Å². The molecule has 368 valence electrons. The summed E-state index contributed by atoms with van der Waals surface area (Å²) in [6.45, 7) is 3.04. The number of sulfonamides is 2. The number of carboxylic acid groups (broad SMARTS) is 1. The number of hydrogen-bond donors (Lipinski definition) is 6. The number of nitrogens with one attached hydrogen (secondary N) is 3. The molecule has 5 aromatic carbocycles. The van der Waals surface area contributed by atoms with Crippen molar-refractivity contribution >= 4 is 49.3 Å². The van der Waals surface area contributed by atoms with Crippen LogP contribution in [-0.4, -0.2) is 106 Å². The first-order chi connectivity index (χ1) is 32.5. The molecule has 0 aliphatic carbocycles. The molecule has 0 radical (unpaired) electrons. The zero-order chi connectivity index (χ0) is 50.1. The number of alkyl halides is 3. The molecule has 0 atom stereocenters. The van der Waals surface area contributed by atoms with E-state index in [1.54, 1.807) is 60.7 Å². The molecular formula is C47H49F3N4O13S2. The number of aliphatic carboxylic acids is 1. The Kier molecular flexibility index (Phi) is 16.0. The van der Waals surface area contributed by atoms with Crippen LogP contribution in [-0.2, 0) is 41.6 Å². The minimum atomic E-state index is -5.08. The van der Waals surface area contributed by atoms with Gasteiger partial charge in [-0.3, -0.25) is 19.1 Å². The van der Waals surface area contributed by atoms with E-state index in [0.29, 0.717) is 59.1 Å². The predicted molar refractivity (Wildman–Crippen MR) is 248 cm³/mol. The number of nitrogens with zero attached hydrogens (tertiary/aromatic N) is 1. The first kappa shape index (κ1) is 51.4. The molecule has 0 bridgehead atoms. The molecule has 22 heteroatoms. The number of fused-ring (bicyclic) bond motifs is 6. The fourth-order valence-corrected chi connectivity index (χ4v) is 8.80. The van der Waals surface area contributed by atoms with Gasteiger partial charge in [-0.1, -0.05) is 31.0 Å². The van der Waals surface area contributed by atoms with Gasteiger partial charge in [0.2, 0.25) is 20.0 Å². The minimum Gasteiger partial charge on any atom is -0.508 e. The smallest absolute Gasteiger partial charge is 0.490 e. The molecule has 1 spiro atoms. The Hall–Kier alpha value is -7.04. The molecule has 0 unspecified atom stereocenters. The average molecular weight is 999 g/mol. The van der Waals surface area contributed by atoms with E-state index in [4.69, 9.17) is 24.1 Å². The van der Waals surface area contributed by atoms with Gasteiger partial charge in [0.25, 0.3) is 5.91 Å². The number of ether oxygens (including phenoxy) is 3. The second kappa shape index (κ2) is 21.5. The lowest BCUT2D eigenvalue weighted by Gasteiger charge is -2.36. The summed E-state index contributed by atoms with van der Waals surface area (Å²) in [6.07, 6.45) is 1.30. The number of rotatable bonds is 19. The summed E-state index contributed by atoms with van der Waals surface area (Å²) in [5.41, 5.74) is 2.64. The first-order valence-corrected chi connectivity index (χ1v) is 25.1. The Balaban J connectivity index is 0.00000104. The van der Waals surface area contributed by atoms with Gasteiger partial charge in [-0.2, -0.15) is 13.2 Å². The lowest BCUT2D eigenvalue weighted by atomic mass is 9.77. The number of amides is 1. The van der Waals surface area contributed by atoms with Crippen LogP contribution in [0.1, 0.15) is 68.7 Å². The van der Waals surface area contributed by atoms with Gasteiger partial charge in [0, 0.05) is 65.4 Å². The summed E-state index contributed by atoms with van der Waals surface area (Å²) >= 11 is 0. The molecule has 17 nitrogen and oxygen atoms in total. The van der Waals surface area contributed by atoms with Gasteiger partial charge < -0.3 is 34.8 Å². The van der Waals surface area contributed by atoms with Gasteiger partial charge in [-0.25, -0.2) is 26.4 Å². The Labute approximate surface area is 395 Å². The molecular weight excluding hydrogens is 950 g/mol. The van der Waals surface area contributed by atoms with E-state index in [1.807, 2.05) is 12.1 Å². The molecule has 69 heavy (non-hydrogen) atoms. The highest BCUT2D eigenvalue weighted by Gasteiger charge is 2.54. The van der Waals surface area contributed by atoms with E-state index >= 15 is 0 Å². The number of carbonyl (C=O) groups is 3. The number of esters is 1. The summed E-state index contributed by atoms with van der Waals surface area (Å²) in [4.78, 5) is 38.0. The van der Waals surface area contributed by atoms with Crippen molar-refractivity contribution in [3.63, 3.8) is 0 Å². The molecule has 2 aliphatic rings. The predicted octanol–water partition coefficient (Wildman–Crippen LogP) is 6.96. The maximum Gasteiger partial charge on any atom is 0.490 e. The van der Waals surface area contributed by atoms with Gasteiger partial charge >= 0.3 is 18.1 Å². The monoisotopic (exact) mass is 998 g/mol. The van der Waals surface area contributed by atoms with Crippen LogP contribution < -0.4 is 24.2 Å². The quantitative estimate of drug-likeness (QED) is 0.0362. The summed E-state index contributed by atoms with van der Waals surface area (Å²) < 4.78 is 101. The van der Waals surface area contributed by atoms with Crippen LogP contribution in [0.2, 0.25) is 0 Å². The van der Waals surface area contributed by atoms with E-state index in [2.05, 4.69) is 19.7 Å². The number of aromatic hydroxyl groups is 2. The SMILES string of the molecule is CS(=O)(=O)Nc1ccc(CCN(CCCCCCNC(=O)c2ccc3c(c2)C(=O)OC32c3ccc(O)cc3Oc3cc(O)ccc32)CCOc2ccc(NS(C)(=O)=O)cc2)cc1.O=C(O)C(F)(F)F. The zero-order valence-corrected chi connectivity index (χ0v) is 38.8. The normalized spacial score (nSPS) is 13.4. The molecule has 0 fully saturated rings. The molecule has 6 N–H and O–H groups in total. The fraction of sp³-hybridized carbons (Fsp3) is 0.298. The first-order valence-electron chi connectivity index (χ1n) is 21.3. The standard InChI is InChI=1S/C45H48N4O11S2.C2HF3O2/c1-61(54,55)47-32-10-7-30(8-11-32)21-24-49(25-26-58-36-16-12-33(13-17-36)48-62(2,56)57)23-6-4-3-5-22-46-43(52)31-9-18-38-37(27-31)44(53)60-45(38)39-19-14-34(50)28-41(39)59-42-29-35(51)15-20-40(42)45;3-2(4,5)1(6)7/h7-20,27-29,47-48,50-51H,3-6,21-26H2,1-2H3,(H,46,52);(H,6,7). The Bertz CT molecular complexity index is 2850. The van der Waals surface area contributed by atoms with Crippen molar-refractivity contribution in [1.82, 2.24) is 10.2 Å². The lowest BCUT2D eigenvalue weighted by molar-refractivity contribution is -0.192. The third kappa shape index (κ3) is 13.8. The number of benzene rings is 5. The largest absolute Gasteiger partial charge is 0.508 e. The molecule has 0 saturated carbocycles. The summed E-state index contributed by atoms with van der Waals surface area (Å²) in [5.74, 6) is -2.63. The van der Waals surface area contributed by atoms with Gasteiger partial charge in [-0.05, 0) is 104 Å². The average Bonchev–Trinajstić information content (AvgIpc) is 3.55. The number of unbranched alkanes of at least 4 members (excludes halogenated alkanes) is 3. The number of hydrogen-bond acceptors (Lipinski definition) is 13. The van der Waals surface area contributed by atoms with E-state index in [-0.39, 0.29) is 34.5 Å². The van der Waals surface area contributed by atoms with Crippen LogP contribution >= 0.6 is 0 Å². The van der Waals surface area contributed by atoms with Crippen LogP contribution in [0, 0.1) is 0 Å². The van der Waals surface area contributed by atoms with Crippen molar-refractivity contribution in [3.8, 4) is 28.7 Å². The van der Waals surface area contributed by atoms with Gasteiger partial charge in [-0.15, -0.1) is 0 Å². The highest BCUT2D eigenvalue weighted by Crippen LogP contribution is 2.57. The maximum atomic E-state index is 13.5. The maximum absolute atomic E-state index is 13.5. The second-order valence-electron chi connectivity index (χ2n) is 16.2. The number of carboxylic acids is 1. The molecule has 1 amide bonds. The Morgan fingerprint density at radius 1 is 0.710 bits per heavy atom. The molecule has 7 rings (SSSR count). The number of phenols is 2. The third-order valence-corrected chi connectivity index (χ3v) is 12.0. The zero-order valence-electron chi connectivity index (χ0n) is 37.2. The van der Waals surface area contributed by atoms with Crippen molar-refractivity contribution in [1.29, 1.82) is 0 Å². The number of phenolic OH excluding ortho intramolecular Hbond substituents is 2. The van der Waals surface area contributed by atoms with Gasteiger partial charge in [0.15, 0.2) is 5.60 Å². The van der Waals surface area contributed by atoms with Crippen LogP contribution in [0.5, 0.6) is 28.7 Å². The van der Waals surface area contributed by atoms with Crippen LogP contribution in [0.4, 0.5) is 24.5 Å². The van der Waals surface area contributed by atoms with E-state index < -0.39 is 43.8 Å². The minimum absolute atomic E-state index is 0.0428. The van der Waals surface area contributed by atoms with Crippen molar-refractivity contribution in [2.24, 2.45) is 0 Å². The molecule has 5 aromatic rings. The summed E-state index contributed by atoms with van der Waals surface area (Å²) in [5, 5.41) is 30.4. The molecule has 2 aliphatic heterocycles. The van der Waals surface area contributed by atoms with Gasteiger partial charge in [0.1, 0.15) is 35.4 Å². The van der Waals surface area contributed by atoms with Crippen molar-refractivity contribution < 1.29 is 73.9 Å². The van der Waals surface area contributed by atoms with E-state index in [0.717, 1.165) is 63.3 Å². The molecule has 0 aromatic heterocycles. The second-order valence-corrected chi connectivity index (χ2v) is 19.7. The Morgan fingerprint density at radius 3 is 1.80 bits per heavy atom. The molecule has 0 saturated heterocycles. The summed E-state index contributed by atoms with van der Waals surface area (Å²) in [6, 6.07) is 27.9. The van der Waals surface area contributed by atoms with Crippen molar-refractivity contribution in [2.75, 3.05) is 54.7 Å².